The number of halogens is 1. The fourth-order valence-corrected chi connectivity index (χ4v) is 1.81. The first kappa shape index (κ1) is 11.9. The number of rotatable bonds is 4. The molecule has 0 aliphatic heterocycles. The molecule has 2 aromatic rings. The lowest BCUT2D eigenvalue weighted by Crippen LogP contribution is -2.02. The highest BCUT2D eigenvalue weighted by Gasteiger charge is 2.09. The molecule has 0 atom stereocenters. The normalized spacial score (nSPS) is 10.5. The van der Waals surface area contributed by atoms with Crippen LogP contribution in [0.3, 0.4) is 0 Å². The molecule has 0 bridgehead atoms. The molecular formula is C12H14ClN3O. The lowest BCUT2D eigenvalue weighted by molar-refractivity contribution is 0.414. The lowest BCUT2D eigenvalue weighted by Gasteiger charge is -2.05. The third-order valence-corrected chi connectivity index (χ3v) is 2.60. The SMILES string of the molecule is CCCc1nc(Cl)nn1-c1ccc(OC)cc1. The van der Waals surface area contributed by atoms with Crippen LogP contribution in [0.15, 0.2) is 24.3 Å². The van der Waals surface area contributed by atoms with Crippen LogP contribution in [0, 0.1) is 0 Å². The molecule has 17 heavy (non-hydrogen) atoms. The summed E-state index contributed by atoms with van der Waals surface area (Å²) < 4.78 is 6.89. The highest BCUT2D eigenvalue weighted by Crippen LogP contribution is 2.17. The van der Waals surface area contributed by atoms with E-state index < -0.39 is 0 Å². The van der Waals surface area contributed by atoms with Gasteiger partial charge in [-0.15, -0.1) is 5.10 Å². The smallest absolute Gasteiger partial charge is 0.243 e. The second-order valence-corrected chi connectivity index (χ2v) is 3.99. The summed E-state index contributed by atoms with van der Waals surface area (Å²) in [4.78, 5) is 4.21. The first-order valence-corrected chi connectivity index (χ1v) is 5.88. The Kier molecular flexibility index (Phi) is 3.64. The highest BCUT2D eigenvalue weighted by atomic mass is 35.5. The van der Waals surface area contributed by atoms with E-state index in [1.807, 2.05) is 24.3 Å². The molecule has 0 N–H and O–H groups in total. The number of nitrogens with zero attached hydrogens (tertiary/aromatic N) is 3. The molecule has 0 fully saturated rings. The molecule has 0 saturated heterocycles. The monoisotopic (exact) mass is 251 g/mol. The average molecular weight is 252 g/mol. The molecule has 90 valence electrons. The molecule has 1 aromatic carbocycles. The molecule has 1 aromatic heterocycles. The van der Waals surface area contributed by atoms with Gasteiger partial charge in [-0.3, -0.25) is 0 Å². The number of hydrogen-bond donors (Lipinski definition) is 0. The van der Waals surface area contributed by atoms with Gasteiger partial charge in [0.05, 0.1) is 12.8 Å². The number of methoxy groups -OCH3 is 1. The number of aryl methyl sites for hydroxylation is 1. The van der Waals surface area contributed by atoms with Crippen molar-refractivity contribution in [1.29, 1.82) is 0 Å². The van der Waals surface area contributed by atoms with Crippen LogP contribution in [0.1, 0.15) is 19.2 Å². The second-order valence-electron chi connectivity index (χ2n) is 3.66. The van der Waals surface area contributed by atoms with Crippen molar-refractivity contribution >= 4 is 11.6 Å². The van der Waals surface area contributed by atoms with Crippen molar-refractivity contribution in [3.8, 4) is 11.4 Å². The van der Waals surface area contributed by atoms with Crippen LogP contribution in [0.4, 0.5) is 0 Å². The predicted molar refractivity (Wildman–Crippen MR) is 66.9 cm³/mol. The zero-order valence-corrected chi connectivity index (χ0v) is 10.6. The summed E-state index contributed by atoms with van der Waals surface area (Å²) in [6.07, 6.45) is 1.86. The van der Waals surface area contributed by atoms with Crippen molar-refractivity contribution in [3.63, 3.8) is 0 Å². The van der Waals surface area contributed by atoms with Gasteiger partial charge >= 0.3 is 0 Å². The van der Waals surface area contributed by atoms with Crippen LogP contribution in [0.5, 0.6) is 5.75 Å². The summed E-state index contributed by atoms with van der Waals surface area (Å²) in [5, 5.41) is 4.47. The largest absolute Gasteiger partial charge is 0.497 e. The summed E-state index contributed by atoms with van der Waals surface area (Å²) in [6.45, 7) is 2.10. The lowest BCUT2D eigenvalue weighted by atomic mass is 10.3. The molecular weight excluding hydrogens is 238 g/mol. The Morgan fingerprint density at radius 3 is 2.59 bits per heavy atom. The van der Waals surface area contributed by atoms with Crippen molar-refractivity contribution in [3.05, 3.63) is 35.4 Å². The fraction of sp³-hybridized carbons (Fsp3) is 0.333. The van der Waals surface area contributed by atoms with Crippen molar-refractivity contribution in [2.24, 2.45) is 0 Å². The molecule has 0 aliphatic carbocycles. The van der Waals surface area contributed by atoms with Gasteiger partial charge in [0.1, 0.15) is 11.6 Å². The molecule has 0 aliphatic rings. The van der Waals surface area contributed by atoms with Crippen LogP contribution in [0.25, 0.3) is 5.69 Å². The summed E-state index contributed by atoms with van der Waals surface area (Å²) in [5.41, 5.74) is 0.939. The fourth-order valence-electron chi connectivity index (χ4n) is 1.63. The first-order chi connectivity index (χ1) is 8.24. The van der Waals surface area contributed by atoms with E-state index in [1.165, 1.54) is 0 Å². The van der Waals surface area contributed by atoms with Gasteiger partial charge in [0.15, 0.2) is 0 Å². The quantitative estimate of drug-likeness (QED) is 0.839. The average Bonchev–Trinajstić information content (AvgIpc) is 2.71. The minimum absolute atomic E-state index is 0.282. The maximum absolute atomic E-state index is 5.84. The van der Waals surface area contributed by atoms with Crippen LogP contribution in [0.2, 0.25) is 5.28 Å². The molecule has 2 rings (SSSR count). The summed E-state index contributed by atoms with van der Waals surface area (Å²) in [5.74, 6) is 1.69. The Balaban J connectivity index is 2.37. The Hall–Kier alpha value is -1.55. The van der Waals surface area contributed by atoms with Crippen molar-refractivity contribution < 1.29 is 4.74 Å². The summed E-state index contributed by atoms with van der Waals surface area (Å²) >= 11 is 5.84. The number of hydrogen-bond acceptors (Lipinski definition) is 3. The molecule has 4 nitrogen and oxygen atoms in total. The molecule has 0 radical (unpaired) electrons. The van der Waals surface area contributed by atoms with Gasteiger partial charge in [0.25, 0.3) is 0 Å². The van der Waals surface area contributed by atoms with E-state index in [9.17, 15) is 0 Å². The van der Waals surface area contributed by atoms with Crippen LogP contribution in [-0.2, 0) is 6.42 Å². The summed E-state index contributed by atoms with van der Waals surface area (Å²) in [6, 6.07) is 7.65. The van der Waals surface area contributed by atoms with Gasteiger partial charge in [-0.1, -0.05) is 6.92 Å². The first-order valence-electron chi connectivity index (χ1n) is 5.50. The van der Waals surface area contributed by atoms with Crippen LogP contribution in [-0.4, -0.2) is 21.9 Å². The Labute approximate surface area is 105 Å². The van der Waals surface area contributed by atoms with Crippen molar-refractivity contribution in [2.45, 2.75) is 19.8 Å². The van der Waals surface area contributed by atoms with Gasteiger partial charge in [-0.05, 0) is 42.3 Å². The maximum Gasteiger partial charge on any atom is 0.243 e. The molecule has 0 unspecified atom stereocenters. The third-order valence-electron chi connectivity index (χ3n) is 2.44. The zero-order valence-electron chi connectivity index (χ0n) is 9.85. The van der Waals surface area contributed by atoms with Gasteiger partial charge in [-0.25, -0.2) is 9.67 Å². The second kappa shape index (κ2) is 5.19. The number of benzene rings is 1. The van der Waals surface area contributed by atoms with Gasteiger partial charge < -0.3 is 4.74 Å². The molecule has 0 saturated carbocycles. The topological polar surface area (TPSA) is 39.9 Å². The van der Waals surface area contributed by atoms with Crippen LogP contribution >= 0.6 is 11.6 Å². The standard InChI is InChI=1S/C12H14ClN3O/c1-3-4-11-14-12(13)15-16(11)9-5-7-10(17-2)8-6-9/h5-8H,3-4H2,1-2H3. The molecule has 0 amide bonds. The van der Waals surface area contributed by atoms with Crippen molar-refractivity contribution in [1.82, 2.24) is 14.8 Å². The third kappa shape index (κ3) is 2.58. The van der Waals surface area contributed by atoms with Gasteiger partial charge in [0, 0.05) is 6.42 Å². The zero-order chi connectivity index (χ0) is 12.3. The van der Waals surface area contributed by atoms with Gasteiger partial charge in [-0.2, -0.15) is 0 Å². The van der Waals surface area contributed by atoms with E-state index in [1.54, 1.807) is 11.8 Å². The highest BCUT2D eigenvalue weighted by molar-refractivity contribution is 6.28. The van der Waals surface area contributed by atoms with E-state index in [0.29, 0.717) is 0 Å². The summed E-state index contributed by atoms with van der Waals surface area (Å²) in [7, 11) is 1.64. The van der Waals surface area contributed by atoms with E-state index in [-0.39, 0.29) is 5.28 Å². The number of ether oxygens (including phenoxy) is 1. The van der Waals surface area contributed by atoms with Crippen LogP contribution < -0.4 is 4.74 Å². The molecule has 1 heterocycles. The molecule has 0 spiro atoms. The minimum Gasteiger partial charge on any atom is -0.497 e. The van der Waals surface area contributed by atoms with Crippen molar-refractivity contribution in [2.75, 3.05) is 7.11 Å². The van der Waals surface area contributed by atoms with E-state index in [4.69, 9.17) is 16.3 Å². The minimum atomic E-state index is 0.282. The Morgan fingerprint density at radius 2 is 2.00 bits per heavy atom. The van der Waals surface area contributed by atoms with E-state index >= 15 is 0 Å². The Morgan fingerprint density at radius 1 is 1.29 bits per heavy atom. The predicted octanol–water partition coefficient (Wildman–Crippen LogP) is 2.88. The Bertz CT molecular complexity index is 493. The van der Waals surface area contributed by atoms with E-state index in [2.05, 4.69) is 17.0 Å². The number of aromatic nitrogens is 3. The van der Waals surface area contributed by atoms with E-state index in [0.717, 1.165) is 30.1 Å². The maximum atomic E-state index is 5.84. The van der Waals surface area contributed by atoms with Gasteiger partial charge in [0.2, 0.25) is 5.28 Å². The molecule has 5 heteroatoms.